The molecule has 1 amide bonds. The molecule has 2 unspecified atom stereocenters. The normalized spacial score (nSPS) is 22.6. The van der Waals surface area contributed by atoms with Crippen molar-refractivity contribution < 1.29 is 28.5 Å². The van der Waals surface area contributed by atoms with Gasteiger partial charge in [-0.05, 0) is 29.8 Å². The van der Waals surface area contributed by atoms with Gasteiger partial charge in [0, 0.05) is 17.5 Å². The van der Waals surface area contributed by atoms with Crippen LogP contribution in [0.4, 0.5) is 10.5 Å². The Labute approximate surface area is 179 Å². The van der Waals surface area contributed by atoms with Crippen molar-refractivity contribution in [2.75, 3.05) is 25.2 Å². The van der Waals surface area contributed by atoms with Gasteiger partial charge in [0.2, 0.25) is 5.60 Å². The molecular formula is C22H22ClNO6. The van der Waals surface area contributed by atoms with E-state index in [-0.39, 0.29) is 6.61 Å². The second-order valence-electron chi connectivity index (χ2n) is 7.30. The largest absolute Gasteiger partial charge is 0.485 e. The molecule has 7 nitrogen and oxygen atoms in total. The predicted molar refractivity (Wildman–Crippen MR) is 110 cm³/mol. The Balaban J connectivity index is 1.55. The number of ether oxygens (including phenoxy) is 4. The van der Waals surface area contributed by atoms with Crippen LogP contribution in [0.5, 0.6) is 11.5 Å². The summed E-state index contributed by atoms with van der Waals surface area (Å²) in [6, 6.07) is 12.4. The maximum atomic E-state index is 12.5. The quantitative estimate of drug-likeness (QED) is 0.648. The van der Waals surface area contributed by atoms with Crippen LogP contribution < -0.4 is 14.4 Å². The van der Waals surface area contributed by atoms with Crippen molar-refractivity contribution in [2.24, 2.45) is 0 Å². The number of cyclic esters (lactones) is 1. The highest BCUT2D eigenvalue weighted by Crippen LogP contribution is 2.41. The van der Waals surface area contributed by atoms with Crippen molar-refractivity contribution in [1.82, 2.24) is 0 Å². The van der Waals surface area contributed by atoms with E-state index in [0.717, 1.165) is 12.0 Å². The Morgan fingerprint density at radius 1 is 1.27 bits per heavy atom. The average Bonchev–Trinajstić information content (AvgIpc) is 3.14. The van der Waals surface area contributed by atoms with Crippen LogP contribution in [0.25, 0.3) is 0 Å². The predicted octanol–water partition coefficient (Wildman–Crippen LogP) is 4.52. The first-order chi connectivity index (χ1) is 14.5. The lowest BCUT2D eigenvalue weighted by molar-refractivity contribution is -0.165. The van der Waals surface area contributed by atoms with E-state index in [2.05, 4.69) is 0 Å². The number of halogens is 1. The summed E-state index contributed by atoms with van der Waals surface area (Å²) >= 11 is 6.05. The van der Waals surface area contributed by atoms with Crippen molar-refractivity contribution in [3.8, 4) is 11.5 Å². The summed E-state index contributed by atoms with van der Waals surface area (Å²) in [6.07, 6.45) is 0.337. The SMILES string of the molecule is CCCC1(C(=O)OC)COc2cc(N3CC(c4cccc(Cl)c4)OC3=O)ccc2O1. The number of anilines is 1. The zero-order valence-electron chi connectivity index (χ0n) is 16.7. The molecule has 4 rings (SSSR count). The molecule has 0 N–H and O–H groups in total. The Kier molecular flexibility index (Phi) is 5.47. The Bertz CT molecular complexity index is 980. The van der Waals surface area contributed by atoms with Crippen molar-refractivity contribution in [3.05, 3.63) is 53.1 Å². The van der Waals surface area contributed by atoms with Crippen LogP contribution in [0.2, 0.25) is 5.02 Å². The van der Waals surface area contributed by atoms with Gasteiger partial charge in [0.15, 0.2) is 11.5 Å². The van der Waals surface area contributed by atoms with E-state index in [9.17, 15) is 9.59 Å². The number of rotatable bonds is 5. The fraction of sp³-hybridized carbons (Fsp3) is 0.364. The number of nitrogens with zero attached hydrogens (tertiary/aromatic N) is 1. The van der Waals surface area contributed by atoms with E-state index in [4.69, 9.17) is 30.5 Å². The van der Waals surface area contributed by atoms with Crippen molar-refractivity contribution >= 4 is 29.4 Å². The number of amides is 1. The molecule has 2 aliphatic rings. The molecule has 1 fully saturated rings. The van der Waals surface area contributed by atoms with Gasteiger partial charge >= 0.3 is 12.1 Å². The molecule has 1 saturated heterocycles. The molecule has 0 bridgehead atoms. The first kappa shape index (κ1) is 20.3. The second-order valence-corrected chi connectivity index (χ2v) is 7.73. The monoisotopic (exact) mass is 431 g/mol. The van der Waals surface area contributed by atoms with Crippen molar-refractivity contribution in [2.45, 2.75) is 31.5 Å². The van der Waals surface area contributed by atoms with Crippen LogP contribution in [0.15, 0.2) is 42.5 Å². The van der Waals surface area contributed by atoms with Gasteiger partial charge in [-0.25, -0.2) is 9.59 Å². The van der Waals surface area contributed by atoms with Crippen LogP contribution in [0, 0.1) is 0 Å². The van der Waals surface area contributed by atoms with Gasteiger partial charge in [-0.1, -0.05) is 37.1 Å². The molecule has 0 radical (unpaired) electrons. The van der Waals surface area contributed by atoms with Gasteiger partial charge in [-0.2, -0.15) is 0 Å². The van der Waals surface area contributed by atoms with E-state index >= 15 is 0 Å². The lowest BCUT2D eigenvalue weighted by atomic mass is 9.97. The summed E-state index contributed by atoms with van der Waals surface area (Å²) < 4.78 is 22.3. The third-order valence-electron chi connectivity index (χ3n) is 5.25. The van der Waals surface area contributed by atoms with E-state index in [1.807, 2.05) is 19.1 Å². The van der Waals surface area contributed by atoms with Crippen molar-refractivity contribution in [3.63, 3.8) is 0 Å². The summed E-state index contributed by atoms with van der Waals surface area (Å²) in [5.41, 5.74) is 0.286. The molecule has 2 aliphatic heterocycles. The van der Waals surface area contributed by atoms with Crippen LogP contribution in [0.3, 0.4) is 0 Å². The van der Waals surface area contributed by atoms with E-state index < -0.39 is 23.8 Å². The third kappa shape index (κ3) is 3.65. The number of hydrogen-bond donors (Lipinski definition) is 0. The lowest BCUT2D eigenvalue weighted by Crippen LogP contribution is -2.52. The number of methoxy groups -OCH3 is 1. The highest BCUT2D eigenvalue weighted by Gasteiger charge is 2.46. The highest BCUT2D eigenvalue weighted by molar-refractivity contribution is 6.30. The summed E-state index contributed by atoms with van der Waals surface area (Å²) in [6.45, 7) is 2.35. The molecule has 0 aromatic heterocycles. The number of fused-ring (bicyclic) bond motifs is 1. The average molecular weight is 432 g/mol. The van der Waals surface area contributed by atoms with Gasteiger partial charge in [-0.3, -0.25) is 4.90 Å². The van der Waals surface area contributed by atoms with Crippen LogP contribution in [-0.2, 0) is 14.3 Å². The fourth-order valence-electron chi connectivity index (χ4n) is 3.77. The second kappa shape index (κ2) is 8.07. The Morgan fingerprint density at radius 2 is 2.10 bits per heavy atom. The summed E-state index contributed by atoms with van der Waals surface area (Å²) in [4.78, 5) is 26.3. The zero-order chi connectivity index (χ0) is 21.3. The maximum absolute atomic E-state index is 12.5. The smallest absolute Gasteiger partial charge is 0.415 e. The van der Waals surface area contributed by atoms with Gasteiger partial charge in [0.25, 0.3) is 0 Å². The number of carbonyl (C=O) groups is 2. The molecular weight excluding hydrogens is 410 g/mol. The van der Waals surface area contributed by atoms with Gasteiger partial charge < -0.3 is 18.9 Å². The molecule has 0 saturated carbocycles. The molecule has 30 heavy (non-hydrogen) atoms. The minimum absolute atomic E-state index is 0.0412. The summed E-state index contributed by atoms with van der Waals surface area (Å²) in [5.74, 6) is 0.427. The van der Waals surface area contributed by atoms with E-state index in [1.54, 1.807) is 30.3 Å². The number of benzene rings is 2. The van der Waals surface area contributed by atoms with E-state index in [1.165, 1.54) is 12.0 Å². The van der Waals surface area contributed by atoms with Gasteiger partial charge in [-0.15, -0.1) is 0 Å². The first-order valence-electron chi connectivity index (χ1n) is 9.73. The number of carbonyl (C=O) groups excluding carboxylic acids is 2. The third-order valence-corrected chi connectivity index (χ3v) is 5.48. The zero-order valence-corrected chi connectivity index (χ0v) is 17.5. The lowest BCUT2D eigenvalue weighted by Gasteiger charge is -2.36. The standard InChI is InChI=1S/C22H22ClNO6/c1-3-9-22(20(25)27-2)13-28-18-11-16(7-8-17(18)30-22)24-12-19(29-21(24)26)14-5-4-6-15(23)10-14/h4-8,10-11,19H,3,9,12-13H2,1-2H3. The molecule has 158 valence electrons. The summed E-state index contributed by atoms with van der Waals surface area (Å²) in [5, 5.41) is 0.586. The molecule has 2 aromatic rings. The highest BCUT2D eigenvalue weighted by atomic mass is 35.5. The van der Waals surface area contributed by atoms with Crippen LogP contribution >= 0.6 is 11.6 Å². The fourth-order valence-corrected chi connectivity index (χ4v) is 3.96. The number of hydrogen-bond acceptors (Lipinski definition) is 6. The Hall–Kier alpha value is -2.93. The molecule has 0 spiro atoms. The molecule has 2 atom stereocenters. The molecule has 2 aromatic carbocycles. The Morgan fingerprint density at radius 3 is 2.83 bits per heavy atom. The summed E-state index contributed by atoms with van der Waals surface area (Å²) in [7, 11) is 1.33. The first-order valence-corrected chi connectivity index (χ1v) is 10.1. The maximum Gasteiger partial charge on any atom is 0.415 e. The molecule has 2 heterocycles. The van der Waals surface area contributed by atoms with E-state index in [0.29, 0.717) is 35.2 Å². The van der Waals surface area contributed by atoms with Crippen molar-refractivity contribution in [1.29, 1.82) is 0 Å². The minimum atomic E-state index is -1.16. The van der Waals surface area contributed by atoms with Gasteiger partial charge in [0.1, 0.15) is 12.7 Å². The van der Waals surface area contributed by atoms with Crippen LogP contribution in [0.1, 0.15) is 31.4 Å². The minimum Gasteiger partial charge on any atom is -0.485 e. The topological polar surface area (TPSA) is 74.3 Å². The number of esters is 1. The molecule has 0 aliphatic carbocycles. The van der Waals surface area contributed by atoms with Crippen LogP contribution in [-0.4, -0.2) is 37.9 Å². The van der Waals surface area contributed by atoms with Gasteiger partial charge in [0.05, 0.1) is 19.3 Å². The molecule has 8 heteroatoms.